The van der Waals surface area contributed by atoms with Gasteiger partial charge in [-0.25, -0.2) is 13.1 Å². The number of anilines is 1. The number of aryl methyl sites for hydroxylation is 1. The lowest BCUT2D eigenvalue weighted by molar-refractivity contribution is -0.115. The number of aliphatic hydroxyl groups excluding tert-OH is 2. The second kappa shape index (κ2) is 16.8. The molecular formula is C40H56ClN3O7S. The van der Waals surface area contributed by atoms with E-state index < -0.39 is 21.2 Å². The summed E-state index contributed by atoms with van der Waals surface area (Å²) in [5, 5.41) is 17.6. The van der Waals surface area contributed by atoms with Crippen molar-refractivity contribution in [3.8, 4) is 5.75 Å². The molecule has 2 aromatic carbocycles. The van der Waals surface area contributed by atoms with E-state index in [1.54, 1.807) is 25.1 Å². The number of sulfonamides is 1. The highest BCUT2D eigenvalue weighted by molar-refractivity contribution is 7.90. The van der Waals surface area contributed by atoms with Gasteiger partial charge in [-0.15, -0.1) is 0 Å². The molecule has 2 aromatic rings. The summed E-state index contributed by atoms with van der Waals surface area (Å²) in [7, 11) is -3.89. The Morgan fingerprint density at radius 2 is 1.79 bits per heavy atom. The number of halogens is 1. The number of benzene rings is 2. The molecule has 0 radical (unpaired) electrons. The van der Waals surface area contributed by atoms with Gasteiger partial charge >= 0.3 is 0 Å². The van der Waals surface area contributed by atoms with Crippen molar-refractivity contribution in [2.75, 3.05) is 50.9 Å². The van der Waals surface area contributed by atoms with Crippen LogP contribution < -0.4 is 14.4 Å². The van der Waals surface area contributed by atoms with Crippen molar-refractivity contribution in [1.82, 2.24) is 9.62 Å². The summed E-state index contributed by atoms with van der Waals surface area (Å²) in [6.45, 7) is 7.76. The molecule has 3 aliphatic heterocycles. The molecule has 1 spiro atoms. The first-order chi connectivity index (χ1) is 25.0. The normalized spacial score (nSPS) is 30.5. The minimum Gasteiger partial charge on any atom is -0.490 e. The number of amides is 1. The van der Waals surface area contributed by atoms with Crippen molar-refractivity contribution < 1.29 is 33.0 Å². The van der Waals surface area contributed by atoms with Crippen LogP contribution in [0.3, 0.4) is 0 Å². The second-order valence-electron chi connectivity index (χ2n) is 15.9. The number of likely N-dealkylation sites (tertiary alicyclic amines) is 1. The molecule has 1 saturated heterocycles. The van der Waals surface area contributed by atoms with Gasteiger partial charge in [0.1, 0.15) is 12.0 Å². The molecule has 3 N–H and O–H groups in total. The van der Waals surface area contributed by atoms with Crippen LogP contribution in [-0.2, 0) is 26.7 Å². The summed E-state index contributed by atoms with van der Waals surface area (Å²) in [4.78, 5) is 30.1. The molecule has 2 bridgehead atoms. The third kappa shape index (κ3) is 8.33. The van der Waals surface area contributed by atoms with E-state index >= 15 is 0 Å². The number of ether oxygens (including phenoxy) is 1. The topological polar surface area (TPSA) is 136 Å². The van der Waals surface area contributed by atoms with Gasteiger partial charge in [0, 0.05) is 35.0 Å². The molecule has 1 amide bonds. The first-order valence-corrected chi connectivity index (χ1v) is 21.2. The molecule has 10 nitrogen and oxygen atoms in total. The number of hydrogen-bond donors (Lipinski definition) is 3. The molecule has 3 heterocycles. The van der Waals surface area contributed by atoms with E-state index in [9.17, 15) is 18.0 Å². The van der Waals surface area contributed by atoms with Crippen molar-refractivity contribution in [3.63, 3.8) is 0 Å². The van der Waals surface area contributed by atoms with Crippen molar-refractivity contribution >= 4 is 39.5 Å². The number of hydrogen-bond acceptors (Lipinski definition) is 9. The standard InChI is InChI=1S/C33H41ClN2O5S.C7H15NO2/c1-21-5-3-6-26(18-37)28-11-8-25(28)17-36-19-33(14-4-7-23-15-27(34)10-12-29(23)33)20-41-31-13-9-24(16-30(31)36)32(38)35-42(39,40)22(21)2;9-5-7(6-10)8-3-1-2-4-8/h9-10,12-13,15-16,18,21-22,25-26,28H,3-8,11,14,17,19-20H2,1-2H3,(H,35,38);7,9-10H,1-6H2/t21-,22+,25-,26?,28+,33-;/m0./s1. The molecule has 0 aromatic heterocycles. The summed E-state index contributed by atoms with van der Waals surface area (Å²) < 4.78 is 35.3. The average molecular weight is 758 g/mol. The van der Waals surface area contributed by atoms with Crippen molar-refractivity contribution in [1.29, 1.82) is 0 Å². The maximum atomic E-state index is 13.3. The fourth-order valence-corrected chi connectivity index (χ4v) is 10.7. The van der Waals surface area contributed by atoms with Gasteiger partial charge in [-0.1, -0.05) is 31.0 Å². The Labute approximate surface area is 314 Å². The number of aliphatic hydroxyl groups is 2. The van der Waals surface area contributed by atoms with E-state index in [1.165, 1.54) is 24.0 Å². The van der Waals surface area contributed by atoms with E-state index in [-0.39, 0.29) is 36.5 Å². The minimum absolute atomic E-state index is 0.0116. The number of carbonyl (C=O) groups excluding carboxylic acids is 2. The van der Waals surface area contributed by atoms with Crippen LogP contribution in [0.2, 0.25) is 5.02 Å². The van der Waals surface area contributed by atoms with Gasteiger partial charge in [0.25, 0.3) is 5.91 Å². The fraction of sp³-hybridized carbons (Fsp3) is 0.650. The zero-order valence-electron chi connectivity index (χ0n) is 30.6. The summed E-state index contributed by atoms with van der Waals surface area (Å²) in [5.41, 5.74) is 3.37. The lowest BCUT2D eigenvalue weighted by Crippen LogP contribution is -2.49. The van der Waals surface area contributed by atoms with E-state index in [0.29, 0.717) is 42.7 Å². The smallest absolute Gasteiger partial charge is 0.264 e. The maximum absolute atomic E-state index is 13.3. The molecule has 52 heavy (non-hydrogen) atoms. The van der Waals surface area contributed by atoms with Gasteiger partial charge in [0.15, 0.2) is 0 Å². The third-order valence-electron chi connectivity index (χ3n) is 12.8. The van der Waals surface area contributed by atoms with Crippen LogP contribution >= 0.6 is 11.6 Å². The Morgan fingerprint density at radius 3 is 2.48 bits per heavy atom. The average Bonchev–Trinajstić information content (AvgIpc) is 3.61. The summed E-state index contributed by atoms with van der Waals surface area (Å²) in [5.74, 6) is 0.559. The van der Waals surface area contributed by atoms with Crippen LogP contribution in [0.1, 0.15) is 93.1 Å². The molecule has 1 saturated carbocycles. The van der Waals surface area contributed by atoms with E-state index in [0.717, 1.165) is 81.6 Å². The van der Waals surface area contributed by atoms with E-state index in [4.69, 9.17) is 26.6 Å². The number of aldehydes is 1. The monoisotopic (exact) mass is 757 g/mol. The first kappa shape index (κ1) is 39.0. The predicted octanol–water partition coefficient (Wildman–Crippen LogP) is 5.36. The van der Waals surface area contributed by atoms with Gasteiger partial charge in [-0.3, -0.25) is 9.69 Å². The van der Waals surface area contributed by atoms with Gasteiger partial charge in [0.2, 0.25) is 10.0 Å². The van der Waals surface area contributed by atoms with Crippen LogP contribution in [0.5, 0.6) is 5.75 Å². The zero-order chi connectivity index (χ0) is 37.0. The number of rotatable bonds is 4. The van der Waals surface area contributed by atoms with Gasteiger partial charge in [0.05, 0.1) is 36.8 Å². The highest BCUT2D eigenvalue weighted by Gasteiger charge is 2.44. The van der Waals surface area contributed by atoms with Crippen LogP contribution in [0.4, 0.5) is 5.69 Å². The second-order valence-corrected chi connectivity index (χ2v) is 18.4. The quantitative estimate of drug-likeness (QED) is 0.353. The van der Waals surface area contributed by atoms with Crippen LogP contribution in [0, 0.1) is 23.7 Å². The lowest BCUT2D eigenvalue weighted by atomic mass is 9.65. The summed E-state index contributed by atoms with van der Waals surface area (Å²) in [6, 6.07) is 11.4. The Hall–Kier alpha value is -2.70. The van der Waals surface area contributed by atoms with Crippen LogP contribution in [-0.4, -0.2) is 93.0 Å². The van der Waals surface area contributed by atoms with E-state index in [2.05, 4.69) is 26.7 Å². The fourth-order valence-electron chi connectivity index (χ4n) is 9.20. The highest BCUT2D eigenvalue weighted by Crippen LogP contribution is 2.47. The lowest BCUT2D eigenvalue weighted by Gasteiger charge is -2.46. The van der Waals surface area contributed by atoms with Gasteiger partial charge < -0.3 is 24.6 Å². The Kier molecular flexibility index (Phi) is 12.6. The number of nitrogens with zero attached hydrogens (tertiary/aromatic N) is 2. The molecule has 12 heteroatoms. The number of fused-ring (bicyclic) bond motifs is 4. The summed E-state index contributed by atoms with van der Waals surface area (Å²) in [6.07, 6.45) is 10.8. The third-order valence-corrected chi connectivity index (χ3v) is 14.9. The molecule has 2 fully saturated rings. The minimum atomic E-state index is -3.89. The SMILES string of the molecule is C[C@@H]1[C@@H](C)CCCC(C=O)[C@@H]2CC[C@H]2CN2C[C@@]3(CCCc4cc(Cl)ccc43)COc3ccc(cc32)C(=O)NS1(=O)=O.OCC(CO)N1CCCC1. The van der Waals surface area contributed by atoms with Crippen molar-refractivity contribution in [2.24, 2.45) is 23.7 Å². The predicted molar refractivity (Wildman–Crippen MR) is 204 cm³/mol. The van der Waals surface area contributed by atoms with Crippen molar-refractivity contribution in [3.05, 3.63) is 58.1 Å². The highest BCUT2D eigenvalue weighted by atomic mass is 35.5. The van der Waals surface area contributed by atoms with Crippen LogP contribution in [0.25, 0.3) is 0 Å². The van der Waals surface area contributed by atoms with Crippen LogP contribution in [0.15, 0.2) is 36.4 Å². The molecule has 5 aliphatic rings. The summed E-state index contributed by atoms with van der Waals surface area (Å²) >= 11 is 6.39. The van der Waals surface area contributed by atoms with Gasteiger partial charge in [-0.2, -0.15) is 0 Å². The number of nitrogens with one attached hydrogen (secondary N) is 1. The number of carbonyl (C=O) groups is 2. The first-order valence-electron chi connectivity index (χ1n) is 19.3. The molecule has 7 rings (SSSR count). The molecule has 2 aliphatic carbocycles. The molecule has 6 atom stereocenters. The zero-order valence-corrected chi connectivity index (χ0v) is 32.2. The molecular weight excluding hydrogens is 702 g/mol. The molecule has 286 valence electrons. The molecule has 1 unspecified atom stereocenters. The largest absolute Gasteiger partial charge is 0.490 e. The maximum Gasteiger partial charge on any atom is 0.264 e. The van der Waals surface area contributed by atoms with E-state index in [1.807, 2.05) is 13.0 Å². The Morgan fingerprint density at radius 1 is 1.02 bits per heavy atom. The van der Waals surface area contributed by atoms with Gasteiger partial charge in [-0.05, 0) is 137 Å². The Balaban J connectivity index is 0.000000402. The Bertz CT molecular complexity index is 1680. The van der Waals surface area contributed by atoms with Crippen molar-refractivity contribution in [2.45, 2.75) is 94.8 Å².